The summed E-state index contributed by atoms with van der Waals surface area (Å²) in [5.74, 6) is 0. The Morgan fingerprint density at radius 3 is 2.40 bits per heavy atom. The first-order chi connectivity index (χ1) is 12.2. The molecule has 1 aliphatic carbocycles. The molecule has 0 unspecified atom stereocenters. The number of piperidine rings is 1. The van der Waals surface area contributed by atoms with Gasteiger partial charge in [0.1, 0.15) is 0 Å². The fourth-order valence-corrected chi connectivity index (χ4v) is 4.56. The highest BCUT2D eigenvalue weighted by molar-refractivity contribution is 6.05. The lowest BCUT2D eigenvalue weighted by molar-refractivity contribution is 0.224. The van der Waals surface area contributed by atoms with Gasteiger partial charge in [-0.25, -0.2) is 0 Å². The third kappa shape index (κ3) is 3.18. The van der Waals surface area contributed by atoms with Crippen LogP contribution in [0.25, 0.3) is 0 Å². The fourth-order valence-electron chi connectivity index (χ4n) is 4.56. The van der Waals surface area contributed by atoms with Crippen LogP contribution >= 0.6 is 0 Å². The summed E-state index contributed by atoms with van der Waals surface area (Å²) in [6.07, 6.45) is 4.92. The van der Waals surface area contributed by atoms with Crippen LogP contribution in [0.1, 0.15) is 55.3 Å². The van der Waals surface area contributed by atoms with Crippen LogP contribution < -0.4 is 0 Å². The molecule has 1 aliphatic heterocycles. The topological polar surface area (TPSA) is 15.6 Å². The number of rotatable bonds is 2. The average Bonchev–Trinajstić information content (AvgIpc) is 2.67. The normalized spacial score (nSPS) is 22.7. The van der Waals surface area contributed by atoms with Crippen molar-refractivity contribution in [3.63, 3.8) is 0 Å². The molecule has 0 radical (unpaired) electrons. The molecule has 1 heterocycles. The maximum absolute atomic E-state index is 5.15. The highest BCUT2D eigenvalue weighted by atomic mass is 15.0. The van der Waals surface area contributed by atoms with Crippen molar-refractivity contribution in [3.05, 3.63) is 71.3 Å². The van der Waals surface area contributed by atoms with Crippen LogP contribution in [0.5, 0.6) is 0 Å². The summed E-state index contributed by atoms with van der Waals surface area (Å²) >= 11 is 0. The van der Waals surface area contributed by atoms with Gasteiger partial charge in [0.25, 0.3) is 0 Å². The summed E-state index contributed by atoms with van der Waals surface area (Å²) in [5, 5.41) is 0. The second-order valence-electron chi connectivity index (χ2n) is 7.79. The van der Waals surface area contributed by atoms with Gasteiger partial charge in [-0.05, 0) is 67.8 Å². The number of hydrogen-bond donors (Lipinski definition) is 0. The molecule has 1 saturated heterocycles. The van der Waals surface area contributed by atoms with Gasteiger partial charge in [0.15, 0.2) is 7.98 Å². The molecule has 0 bridgehead atoms. The zero-order valence-corrected chi connectivity index (χ0v) is 15.4. The average molecular weight is 330 g/mol. The maximum atomic E-state index is 5.15. The SMILES string of the molecule is BN1CCC2(CC/C(=N\[C@@H](C)c3ccccc3)c3ccccc32)CC1. The van der Waals surface area contributed by atoms with Gasteiger partial charge in [0.2, 0.25) is 0 Å². The highest BCUT2D eigenvalue weighted by Crippen LogP contribution is 2.45. The monoisotopic (exact) mass is 330 g/mol. The smallest absolute Gasteiger partial charge is 0.185 e. The van der Waals surface area contributed by atoms with E-state index in [-0.39, 0.29) is 6.04 Å². The zero-order chi connectivity index (χ0) is 17.3. The molecule has 0 N–H and O–H groups in total. The predicted octanol–water partition coefficient (Wildman–Crippen LogP) is 3.91. The number of aliphatic imine (C=N–C) groups is 1. The van der Waals surface area contributed by atoms with Gasteiger partial charge in [-0.1, -0.05) is 54.6 Å². The van der Waals surface area contributed by atoms with Crippen molar-refractivity contribution < 1.29 is 0 Å². The van der Waals surface area contributed by atoms with Gasteiger partial charge in [0.05, 0.1) is 6.04 Å². The lowest BCUT2D eigenvalue weighted by Crippen LogP contribution is -2.44. The van der Waals surface area contributed by atoms with E-state index in [1.54, 1.807) is 5.56 Å². The quantitative estimate of drug-likeness (QED) is 0.762. The summed E-state index contributed by atoms with van der Waals surface area (Å²) in [6.45, 7) is 4.63. The lowest BCUT2D eigenvalue weighted by Gasteiger charge is -2.45. The lowest BCUT2D eigenvalue weighted by atomic mass is 9.64. The first-order valence-electron chi connectivity index (χ1n) is 9.58. The van der Waals surface area contributed by atoms with Crippen molar-refractivity contribution in [2.75, 3.05) is 13.1 Å². The third-order valence-corrected chi connectivity index (χ3v) is 6.23. The van der Waals surface area contributed by atoms with Crippen molar-refractivity contribution in [2.24, 2.45) is 4.99 Å². The van der Waals surface area contributed by atoms with Crippen LogP contribution in [-0.4, -0.2) is 31.6 Å². The molecule has 4 rings (SSSR count). The molecule has 1 atom stereocenters. The minimum absolute atomic E-state index is 0.218. The Balaban J connectivity index is 1.68. The Morgan fingerprint density at radius 1 is 0.960 bits per heavy atom. The van der Waals surface area contributed by atoms with Crippen molar-refractivity contribution in [2.45, 2.75) is 44.1 Å². The molecule has 3 heteroatoms. The second kappa shape index (κ2) is 6.80. The molecule has 2 aromatic carbocycles. The van der Waals surface area contributed by atoms with Gasteiger partial charge >= 0.3 is 0 Å². The highest BCUT2D eigenvalue weighted by Gasteiger charge is 2.40. The first kappa shape index (κ1) is 16.6. The number of nitrogens with zero attached hydrogens (tertiary/aromatic N) is 2. The molecule has 1 fully saturated rings. The van der Waals surface area contributed by atoms with Gasteiger partial charge in [-0.2, -0.15) is 0 Å². The molecule has 0 amide bonds. The van der Waals surface area contributed by atoms with Crippen molar-refractivity contribution >= 4 is 13.7 Å². The van der Waals surface area contributed by atoms with E-state index in [1.165, 1.54) is 49.2 Å². The molecule has 0 aromatic heterocycles. The summed E-state index contributed by atoms with van der Waals surface area (Å²) < 4.78 is 0. The molecule has 0 saturated carbocycles. The van der Waals surface area contributed by atoms with Gasteiger partial charge in [0, 0.05) is 5.71 Å². The fraction of sp³-hybridized carbons (Fsp3) is 0.409. The van der Waals surface area contributed by atoms with Crippen LogP contribution in [0.3, 0.4) is 0 Å². The zero-order valence-electron chi connectivity index (χ0n) is 15.4. The van der Waals surface area contributed by atoms with Crippen molar-refractivity contribution in [1.82, 2.24) is 4.81 Å². The predicted molar refractivity (Wildman–Crippen MR) is 108 cm³/mol. The second-order valence-corrected chi connectivity index (χ2v) is 7.79. The van der Waals surface area contributed by atoms with E-state index in [0.29, 0.717) is 5.41 Å². The standard InChI is InChI=1S/C22H27BN2/c1-17(18-7-3-2-4-8-18)24-21-11-12-22(13-15-25(23)16-14-22)20-10-6-5-9-19(20)21/h2-10,17H,11-16,23H2,1H3/b24-21+/t17-/m0/s1. The van der Waals surface area contributed by atoms with E-state index in [2.05, 4.69) is 74.3 Å². The van der Waals surface area contributed by atoms with Gasteiger partial charge in [-0.15, -0.1) is 0 Å². The van der Waals surface area contributed by atoms with Gasteiger partial charge < -0.3 is 4.81 Å². The number of fused-ring (bicyclic) bond motifs is 2. The molecule has 2 aromatic rings. The first-order valence-corrected chi connectivity index (χ1v) is 9.58. The summed E-state index contributed by atoms with van der Waals surface area (Å²) in [6, 6.07) is 19.9. The molecular formula is C22H27BN2. The van der Waals surface area contributed by atoms with Crippen LogP contribution in [0.2, 0.25) is 0 Å². The largest absolute Gasteiger partial charge is 0.349 e. The van der Waals surface area contributed by atoms with Gasteiger partial charge in [-0.3, -0.25) is 4.99 Å². The molecular weight excluding hydrogens is 303 g/mol. The van der Waals surface area contributed by atoms with Crippen molar-refractivity contribution in [1.29, 1.82) is 0 Å². The van der Waals surface area contributed by atoms with E-state index < -0.39 is 0 Å². The third-order valence-electron chi connectivity index (χ3n) is 6.23. The van der Waals surface area contributed by atoms with E-state index in [0.717, 1.165) is 6.42 Å². The Hall–Kier alpha value is -1.87. The summed E-state index contributed by atoms with van der Waals surface area (Å²) in [7, 11) is 2.25. The van der Waals surface area contributed by atoms with E-state index in [4.69, 9.17) is 4.99 Å². The molecule has 2 nitrogen and oxygen atoms in total. The van der Waals surface area contributed by atoms with Crippen molar-refractivity contribution in [3.8, 4) is 0 Å². The summed E-state index contributed by atoms with van der Waals surface area (Å²) in [5.41, 5.74) is 5.93. The van der Waals surface area contributed by atoms with E-state index >= 15 is 0 Å². The van der Waals surface area contributed by atoms with Crippen LogP contribution in [0.15, 0.2) is 59.6 Å². The number of hydrogen-bond acceptors (Lipinski definition) is 2. The Labute approximate surface area is 152 Å². The minimum Gasteiger partial charge on any atom is -0.349 e. The van der Waals surface area contributed by atoms with Crippen LogP contribution in [-0.2, 0) is 5.41 Å². The molecule has 1 spiro atoms. The molecule has 25 heavy (non-hydrogen) atoms. The van der Waals surface area contributed by atoms with Crippen LogP contribution in [0.4, 0.5) is 0 Å². The Kier molecular flexibility index (Phi) is 4.51. The molecule has 2 aliphatic rings. The summed E-state index contributed by atoms with van der Waals surface area (Å²) in [4.78, 5) is 7.61. The van der Waals surface area contributed by atoms with Crippen LogP contribution in [0, 0.1) is 0 Å². The van der Waals surface area contributed by atoms with E-state index in [9.17, 15) is 0 Å². The number of benzene rings is 2. The maximum Gasteiger partial charge on any atom is 0.185 e. The Morgan fingerprint density at radius 2 is 1.64 bits per heavy atom. The molecule has 128 valence electrons. The van der Waals surface area contributed by atoms with E-state index in [1.807, 2.05) is 0 Å². The minimum atomic E-state index is 0.218. The Bertz CT molecular complexity index is 761.